The number of nitrogens with one attached hydrogen (secondary N) is 3. The summed E-state index contributed by atoms with van der Waals surface area (Å²) in [6, 6.07) is 4.70. The first-order valence-electron chi connectivity index (χ1n) is 11.7. The fourth-order valence-corrected chi connectivity index (χ4v) is 4.52. The molecule has 2 saturated heterocycles. The second-order valence-corrected chi connectivity index (χ2v) is 8.97. The molecule has 2 aromatic rings. The van der Waals surface area contributed by atoms with E-state index in [2.05, 4.69) is 27.3 Å². The molecule has 1 unspecified atom stereocenters. The quantitative estimate of drug-likeness (QED) is 0.323. The third kappa shape index (κ3) is 5.81. The van der Waals surface area contributed by atoms with Crippen LogP contribution in [-0.2, 0) is 9.53 Å². The number of morpholine rings is 1. The summed E-state index contributed by atoms with van der Waals surface area (Å²) in [6.07, 6.45) is 4.29. The Morgan fingerprint density at radius 3 is 2.75 bits per heavy atom. The van der Waals surface area contributed by atoms with E-state index in [-0.39, 0.29) is 34.4 Å². The molecule has 4 rings (SSSR count). The van der Waals surface area contributed by atoms with E-state index in [9.17, 15) is 9.59 Å². The molecular formula is C24H29ClN8O3. The van der Waals surface area contributed by atoms with Gasteiger partial charge in [-0.15, -0.1) is 0 Å². The molecule has 1 aromatic heterocycles. The summed E-state index contributed by atoms with van der Waals surface area (Å²) < 4.78 is 5.29. The number of carbonyl (C=O) groups excluding carboxylic acids is 2. The number of nitrogens with zero attached hydrogens (tertiary/aromatic N) is 4. The number of aromatic nitrogens is 2. The summed E-state index contributed by atoms with van der Waals surface area (Å²) in [4.78, 5) is 34.9. The molecule has 2 aliphatic rings. The van der Waals surface area contributed by atoms with Crippen molar-refractivity contribution in [2.75, 3.05) is 50.4 Å². The second-order valence-electron chi connectivity index (χ2n) is 8.56. The first kappa shape index (κ1) is 25.5. The predicted molar refractivity (Wildman–Crippen MR) is 137 cm³/mol. The molecule has 12 heteroatoms. The molecule has 0 spiro atoms. The summed E-state index contributed by atoms with van der Waals surface area (Å²) >= 11 is 6.44. The van der Waals surface area contributed by atoms with E-state index in [1.165, 1.54) is 12.4 Å². The molecule has 0 aliphatic carbocycles. The number of hydrogen-bond acceptors (Lipinski definition) is 9. The van der Waals surface area contributed by atoms with E-state index < -0.39 is 0 Å². The third-order valence-corrected chi connectivity index (χ3v) is 6.46. The summed E-state index contributed by atoms with van der Waals surface area (Å²) in [6.45, 7) is 6.99. The zero-order chi connectivity index (χ0) is 25.7. The number of halogens is 1. The van der Waals surface area contributed by atoms with Crippen LogP contribution in [0.2, 0.25) is 5.02 Å². The van der Waals surface area contributed by atoms with Crippen molar-refractivity contribution in [2.24, 2.45) is 0 Å². The number of nitrogens with two attached hydrogens (primary N) is 1. The Hall–Kier alpha value is -3.54. The molecule has 11 nitrogen and oxygen atoms in total. The number of amides is 2. The second kappa shape index (κ2) is 11.5. The van der Waals surface area contributed by atoms with Crippen molar-refractivity contribution in [1.29, 1.82) is 5.41 Å². The highest BCUT2D eigenvalue weighted by molar-refractivity contribution is 6.34. The maximum Gasteiger partial charge on any atom is 0.267 e. The summed E-state index contributed by atoms with van der Waals surface area (Å²) in [5.41, 5.74) is 10.1. The number of anilines is 2. The van der Waals surface area contributed by atoms with Crippen LogP contribution < -0.4 is 16.5 Å². The van der Waals surface area contributed by atoms with Gasteiger partial charge >= 0.3 is 0 Å². The van der Waals surface area contributed by atoms with Crippen LogP contribution in [0.4, 0.5) is 11.6 Å². The maximum absolute atomic E-state index is 12.7. The third-order valence-electron chi connectivity index (χ3n) is 6.15. The minimum Gasteiger partial charge on any atom is -0.383 e. The Morgan fingerprint density at radius 1 is 1.25 bits per heavy atom. The van der Waals surface area contributed by atoms with Gasteiger partial charge in [-0.25, -0.2) is 15.0 Å². The number of benzene rings is 1. The van der Waals surface area contributed by atoms with Crippen molar-refractivity contribution in [3.8, 4) is 0 Å². The molecule has 190 valence electrons. The lowest BCUT2D eigenvalue weighted by Crippen LogP contribution is -2.48. The number of rotatable bonds is 7. The normalized spacial score (nSPS) is 18.4. The number of piperidine rings is 1. The topological polar surface area (TPSA) is 150 Å². The standard InChI is InChI=1S/C24H29ClN8O3/c1-2-19(34)32-7-3-4-16(13-32)30-23-20(22(27)28-14-29-23)21(26)15-5-6-17(18(25)12-15)24(35)31-33-8-10-36-11-9-33/h2,5-6,12,14,16,26H,1,3-4,7-11,13H2,(H,31,35)(H3,27,28,29,30). The Labute approximate surface area is 214 Å². The molecule has 1 aromatic carbocycles. The molecule has 5 N–H and O–H groups in total. The lowest BCUT2D eigenvalue weighted by Gasteiger charge is -2.33. The van der Waals surface area contributed by atoms with E-state index in [0.717, 1.165) is 12.8 Å². The van der Waals surface area contributed by atoms with Gasteiger partial charge < -0.3 is 20.7 Å². The van der Waals surface area contributed by atoms with Gasteiger partial charge in [-0.05, 0) is 31.1 Å². The number of ether oxygens (including phenoxy) is 1. The number of hydrogen-bond donors (Lipinski definition) is 4. The fourth-order valence-electron chi connectivity index (χ4n) is 4.25. The summed E-state index contributed by atoms with van der Waals surface area (Å²) in [5, 5.41) is 14.1. The zero-order valence-electron chi connectivity index (χ0n) is 19.8. The van der Waals surface area contributed by atoms with Gasteiger partial charge in [-0.3, -0.25) is 20.4 Å². The Morgan fingerprint density at radius 2 is 2.03 bits per heavy atom. The molecule has 0 radical (unpaired) electrons. The van der Waals surface area contributed by atoms with Crippen LogP contribution in [0.15, 0.2) is 37.2 Å². The number of hydrazine groups is 1. The highest BCUT2D eigenvalue weighted by Crippen LogP contribution is 2.26. The van der Waals surface area contributed by atoms with Crippen LogP contribution in [0.1, 0.15) is 34.3 Å². The van der Waals surface area contributed by atoms with E-state index in [4.69, 9.17) is 27.5 Å². The minimum absolute atomic E-state index is 0.0625. The smallest absolute Gasteiger partial charge is 0.267 e. The van der Waals surface area contributed by atoms with E-state index in [1.54, 1.807) is 28.1 Å². The van der Waals surface area contributed by atoms with Crippen LogP contribution in [0.5, 0.6) is 0 Å². The highest BCUT2D eigenvalue weighted by Gasteiger charge is 2.25. The molecule has 0 saturated carbocycles. The monoisotopic (exact) mass is 512 g/mol. The van der Waals surface area contributed by atoms with Crippen LogP contribution >= 0.6 is 11.6 Å². The first-order valence-corrected chi connectivity index (χ1v) is 12.1. The van der Waals surface area contributed by atoms with Gasteiger partial charge in [0.1, 0.15) is 18.0 Å². The van der Waals surface area contributed by atoms with Crippen molar-refractivity contribution in [3.63, 3.8) is 0 Å². The van der Waals surface area contributed by atoms with Crippen molar-refractivity contribution in [3.05, 3.63) is 58.9 Å². The van der Waals surface area contributed by atoms with E-state index in [0.29, 0.717) is 61.9 Å². The lowest BCUT2D eigenvalue weighted by molar-refractivity contribution is -0.127. The Bertz CT molecular complexity index is 1170. The fraction of sp³-hybridized carbons (Fsp3) is 0.375. The van der Waals surface area contributed by atoms with Crippen LogP contribution in [-0.4, -0.2) is 82.8 Å². The summed E-state index contributed by atoms with van der Waals surface area (Å²) in [7, 11) is 0. The Balaban J connectivity index is 1.52. The lowest BCUT2D eigenvalue weighted by atomic mass is 10.0. The average molecular weight is 513 g/mol. The minimum atomic E-state index is -0.333. The van der Waals surface area contributed by atoms with Gasteiger partial charge in [-0.2, -0.15) is 0 Å². The molecule has 2 fully saturated rings. The SMILES string of the molecule is C=CC(=O)N1CCCC(Nc2ncnc(N)c2C(=N)c2ccc(C(=O)NN3CCOCC3)c(Cl)c2)C1. The van der Waals surface area contributed by atoms with Gasteiger partial charge in [0.05, 0.1) is 35.1 Å². The molecule has 0 bridgehead atoms. The molecule has 36 heavy (non-hydrogen) atoms. The molecule has 1 atom stereocenters. The summed E-state index contributed by atoms with van der Waals surface area (Å²) in [5.74, 6) is 0.0816. The van der Waals surface area contributed by atoms with Gasteiger partial charge in [0, 0.05) is 37.8 Å². The zero-order valence-corrected chi connectivity index (χ0v) is 20.6. The molecule has 2 amide bonds. The van der Waals surface area contributed by atoms with Crippen molar-refractivity contribution < 1.29 is 14.3 Å². The average Bonchev–Trinajstić information content (AvgIpc) is 2.88. The predicted octanol–water partition coefficient (Wildman–Crippen LogP) is 1.69. The van der Waals surface area contributed by atoms with E-state index in [1.807, 2.05) is 0 Å². The van der Waals surface area contributed by atoms with Gasteiger partial charge in [0.25, 0.3) is 5.91 Å². The highest BCUT2D eigenvalue weighted by atomic mass is 35.5. The van der Waals surface area contributed by atoms with Crippen molar-refractivity contribution in [2.45, 2.75) is 18.9 Å². The molecule has 3 heterocycles. The largest absolute Gasteiger partial charge is 0.383 e. The first-order chi connectivity index (χ1) is 17.4. The number of carbonyl (C=O) groups is 2. The van der Waals surface area contributed by atoms with Gasteiger partial charge in [0.15, 0.2) is 0 Å². The Kier molecular flexibility index (Phi) is 8.14. The number of likely N-dealkylation sites (tertiary alicyclic amines) is 1. The van der Waals surface area contributed by atoms with Crippen LogP contribution in [0, 0.1) is 5.41 Å². The van der Waals surface area contributed by atoms with Crippen LogP contribution in [0.3, 0.4) is 0 Å². The van der Waals surface area contributed by atoms with Crippen molar-refractivity contribution in [1.82, 2.24) is 25.3 Å². The van der Waals surface area contributed by atoms with Crippen molar-refractivity contribution >= 4 is 40.8 Å². The van der Waals surface area contributed by atoms with E-state index >= 15 is 0 Å². The van der Waals surface area contributed by atoms with Crippen LogP contribution in [0.25, 0.3) is 0 Å². The van der Waals surface area contributed by atoms with Gasteiger partial charge in [-0.1, -0.05) is 24.2 Å². The maximum atomic E-state index is 12.7. The molecule has 2 aliphatic heterocycles. The number of nitrogen functional groups attached to an aromatic ring is 1. The van der Waals surface area contributed by atoms with Gasteiger partial charge in [0.2, 0.25) is 5.91 Å². The molecular weight excluding hydrogens is 484 g/mol.